The van der Waals surface area contributed by atoms with E-state index < -0.39 is 10.0 Å². The fourth-order valence-electron chi connectivity index (χ4n) is 4.15. The van der Waals surface area contributed by atoms with Crippen LogP contribution in [0.15, 0.2) is 6.07 Å². The molecule has 0 spiro atoms. The van der Waals surface area contributed by atoms with Crippen molar-refractivity contribution in [1.29, 1.82) is 0 Å². The minimum absolute atomic E-state index is 0.0571. The molecular weight excluding hydrogens is 394 g/mol. The summed E-state index contributed by atoms with van der Waals surface area (Å²) in [5, 5.41) is 4.40. The lowest BCUT2D eigenvalue weighted by molar-refractivity contribution is -0.130. The fraction of sp³-hybridized carbons (Fsp3) is 0.789. The first-order valence-corrected chi connectivity index (χ1v) is 12.1. The highest BCUT2D eigenvalue weighted by Crippen LogP contribution is 2.19. The van der Waals surface area contributed by atoms with Crippen LogP contribution in [0.25, 0.3) is 0 Å². The lowest BCUT2D eigenvalue weighted by Crippen LogP contribution is -2.47. The van der Waals surface area contributed by atoms with Crippen molar-refractivity contribution in [3.05, 3.63) is 17.5 Å². The van der Waals surface area contributed by atoms with Gasteiger partial charge in [-0.3, -0.25) is 14.4 Å². The molecule has 1 aromatic heterocycles. The van der Waals surface area contributed by atoms with Crippen molar-refractivity contribution in [2.75, 3.05) is 58.7 Å². The van der Waals surface area contributed by atoms with Gasteiger partial charge < -0.3 is 9.64 Å². The van der Waals surface area contributed by atoms with Gasteiger partial charge in [-0.15, -0.1) is 0 Å². The Morgan fingerprint density at radius 1 is 1.24 bits per heavy atom. The molecule has 2 fully saturated rings. The molecule has 2 saturated heterocycles. The van der Waals surface area contributed by atoms with Crippen molar-refractivity contribution in [3.63, 3.8) is 0 Å². The summed E-state index contributed by atoms with van der Waals surface area (Å²) in [6.45, 7) is 9.73. The summed E-state index contributed by atoms with van der Waals surface area (Å²) in [5.74, 6) is 0.0571. The van der Waals surface area contributed by atoms with Crippen LogP contribution in [-0.4, -0.2) is 103 Å². The smallest absolute Gasteiger partial charge is 0.224 e. The first-order chi connectivity index (χ1) is 13.7. The van der Waals surface area contributed by atoms with Gasteiger partial charge in [0.2, 0.25) is 15.9 Å². The van der Waals surface area contributed by atoms with Crippen molar-refractivity contribution in [2.24, 2.45) is 0 Å². The first kappa shape index (κ1) is 22.2. The van der Waals surface area contributed by atoms with E-state index in [9.17, 15) is 13.2 Å². The van der Waals surface area contributed by atoms with Crippen LogP contribution in [0.3, 0.4) is 0 Å². The molecule has 29 heavy (non-hydrogen) atoms. The SMILES string of the molecule is Cc1cc(C)n(CCC(=O)N2CCC(N(CCN3CCOCC3)S(C)(=O)=O)C2)n1. The van der Waals surface area contributed by atoms with E-state index in [0.29, 0.717) is 58.8 Å². The number of rotatable bonds is 8. The van der Waals surface area contributed by atoms with Crippen molar-refractivity contribution in [2.45, 2.75) is 39.3 Å². The number of morpholine rings is 1. The van der Waals surface area contributed by atoms with Crippen LogP contribution in [0, 0.1) is 13.8 Å². The van der Waals surface area contributed by atoms with E-state index in [0.717, 1.165) is 24.5 Å². The van der Waals surface area contributed by atoms with Crippen LogP contribution in [0.2, 0.25) is 0 Å². The molecule has 2 aliphatic heterocycles. The molecule has 0 aromatic carbocycles. The summed E-state index contributed by atoms with van der Waals surface area (Å²) in [7, 11) is -3.33. The maximum atomic E-state index is 12.7. The number of sulfonamides is 1. The molecule has 164 valence electrons. The van der Waals surface area contributed by atoms with Crippen LogP contribution in [-0.2, 0) is 26.1 Å². The van der Waals surface area contributed by atoms with E-state index in [1.165, 1.54) is 6.26 Å². The lowest BCUT2D eigenvalue weighted by atomic mass is 10.2. The number of carbonyl (C=O) groups is 1. The van der Waals surface area contributed by atoms with E-state index in [-0.39, 0.29) is 11.9 Å². The van der Waals surface area contributed by atoms with Gasteiger partial charge in [-0.05, 0) is 26.3 Å². The Morgan fingerprint density at radius 3 is 2.59 bits per heavy atom. The summed E-state index contributed by atoms with van der Waals surface area (Å²) < 4.78 is 33.6. The molecule has 10 heteroatoms. The molecule has 0 radical (unpaired) electrons. The van der Waals surface area contributed by atoms with E-state index in [4.69, 9.17) is 4.74 Å². The Bertz CT molecular complexity index is 804. The third-order valence-corrected chi connectivity index (χ3v) is 7.06. The summed E-state index contributed by atoms with van der Waals surface area (Å²) in [6.07, 6.45) is 2.32. The second-order valence-corrected chi connectivity index (χ2v) is 9.95. The average molecular weight is 428 g/mol. The number of nitrogens with zero attached hydrogens (tertiary/aromatic N) is 5. The van der Waals surface area contributed by atoms with Gasteiger partial charge in [-0.25, -0.2) is 8.42 Å². The molecule has 2 aliphatic rings. The zero-order valence-corrected chi connectivity index (χ0v) is 18.5. The highest BCUT2D eigenvalue weighted by Gasteiger charge is 2.34. The quantitative estimate of drug-likeness (QED) is 0.584. The van der Waals surface area contributed by atoms with Crippen LogP contribution < -0.4 is 0 Å². The van der Waals surface area contributed by atoms with Crippen molar-refractivity contribution in [1.82, 2.24) is 23.9 Å². The van der Waals surface area contributed by atoms with E-state index in [2.05, 4.69) is 10.00 Å². The van der Waals surface area contributed by atoms with Crippen molar-refractivity contribution in [3.8, 4) is 0 Å². The molecule has 1 amide bonds. The molecule has 3 rings (SSSR count). The van der Waals surface area contributed by atoms with Crippen LogP contribution in [0.1, 0.15) is 24.2 Å². The number of carbonyl (C=O) groups excluding carboxylic acids is 1. The summed E-state index contributed by atoms with van der Waals surface area (Å²) in [5.41, 5.74) is 1.99. The van der Waals surface area contributed by atoms with Gasteiger partial charge in [0.1, 0.15) is 0 Å². The van der Waals surface area contributed by atoms with E-state index in [1.807, 2.05) is 24.6 Å². The Kier molecular flexibility index (Phi) is 7.31. The highest BCUT2D eigenvalue weighted by atomic mass is 32.2. The van der Waals surface area contributed by atoms with Gasteiger partial charge in [0.05, 0.1) is 25.2 Å². The second-order valence-electron chi connectivity index (χ2n) is 8.01. The van der Waals surface area contributed by atoms with E-state index >= 15 is 0 Å². The van der Waals surface area contributed by atoms with Gasteiger partial charge in [0.25, 0.3) is 0 Å². The zero-order valence-electron chi connectivity index (χ0n) is 17.7. The topological polar surface area (TPSA) is 88.0 Å². The summed E-state index contributed by atoms with van der Waals surface area (Å²) in [6, 6.07) is 1.85. The van der Waals surface area contributed by atoms with Gasteiger partial charge in [-0.1, -0.05) is 0 Å². The Labute approximate surface area is 173 Å². The predicted octanol–water partition coefficient (Wildman–Crippen LogP) is 0.0847. The van der Waals surface area contributed by atoms with Crippen LogP contribution in [0.4, 0.5) is 0 Å². The molecule has 1 aromatic rings. The minimum atomic E-state index is -3.33. The number of hydrogen-bond acceptors (Lipinski definition) is 6. The molecular formula is C19H33N5O4S. The van der Waals surface area contributed by atoms with Crippen molar-refractivity contribution >= 4 is 15.9 Å². The van der Waals surface area contributed by atoms with Gasteiger partial charge in [-0.2, -0.15) is 9.40 Å². The van der Waals surface area contributed by atoms with Gasteiger partial charge >= 0.3 is 0 Å². The first-order valence-electron chi connectivity index (χ1n) is 10.3. The van der Waals surface area contributed by atoms with Gasteiger partial charge in [0.15, 0.2) is 0 Å². The number of amides is 1. The molecule has 9 nitrogen and oxygen atoms in total. The van der Waals surface area contributed by atoms with Gasteiger partial charge in [0, 0.05) is 64.0 Å². The Morgan fingerprint density at radius 2 is 1.97 bits per heavy atom. The fourth-order valence-corrected chi connectivity index (χ4v) is 5.28. The predicted molar refractivity (Wildman–Crippen MR) is 110 cm³/mol. The summed E-state index contributed by atoms with van der Waals surface area (Å²) >= 11 is 0. The maximum Gasteiger partial charge on any atom is 0.224 e. The Balaban J connectivity index is 1.53. The molecule has 1 unspecified atom stereocenters. The van der Waals surface area contributed by atoms with Crippen molar-refractivity contribution < 1.29 is 17.9 Å². The number of hydrogen-bond donors (Lipinski definition) is 0. The molecule has 3 heterocycles. The molecule has 0 aliphatic carbocycles. The van der Waals surface area contributed by atoms with Crippen LogP contribution >= 0.6 is 0 Å². The number of aromatic nitrogens is 2. The average Bonchev–Trinajstić information content (AvgIpc) is 3.26. The third-order valence-electron chi connectivity index (χ3n) is 5.73. The molecule has 0 N–H and O–H groups in total. The monoisotopic (exact) mass is 427 g/mol. The second kappa shape index (κ2) is 9.55. The highest BCUT2D eigenvalue weighted by molar-refractivity contribution is 7.88. The van der Waals surface area contributed by atoms with Crippen LogP contribution in [0.5, 0.6) is 0 Å². The minimum Gasteiger partial charge on any atom is -0.379 e. The molecule has 0 bridgehead atoms. The lowest BCUT2D eigenvalue weighted by Gasteiger charge is -2.31. The standard InChI is InChI=1S/C19H33N5O4S/c1-16-14-17(2)23(20-16)7-5-19(25)22-6-4-18(15-22)24(29(3,26)27)9-8-21-10-12-28-13-11-21/h14,18H,4-13,15H2,1-3H3. The maximum absolute atomic E-state index is 12.7. The van der Waals surface area contributed by atoms with E-state index in [1.54, 1.807) is 9.21 Å². The Hall–Kier alpha value is -1.49. The zero-order chi connectivity index (χ0) is 21.0. The normalized spacial score (nSPS) is 21.2. The largest absolute Gasteiger partial charge is 0.379 e. The number of likely N-dealkylation sites (tertiary alicyclic amines) is 1. The molecule has 1 atom stereocenters. The number of aryl methyl sites for hydroxylation is 3. The number of ether oxygens (including phenoxy) is 1. The summed E-state index contributed by atoms with van der Waals surface area (Å²) in [4.78, 5) is 16.7. The molecule has 0 saturated carbocycles. The third kappa shape index (κ3) is 6.00.